The van der Waals surface area contributed by atoms with Gasteiger partial charge in [0.2, 0.25) is 0 Å². The van der Waals surface area contributed by atoms with Gasteiger partial charge in [0.25, 0.3) is 0 Å². The number of carbonyl (C=O) groups excluding carboxylic acids is 1. The van der Waals surface area contributed by atoms with Crippen LogP contribution in [0.4, 0.5) is 4.79 Å². The Kier molecular flexibility index (Phi) is 28.2. The molecular formula is C26H50B2N3OSU+. The summed E-state index contributed by atoms with van der Waals surface area (Å²) in [6.45, 7) is 21.2. The first-order chi connectivity index (χ1) is 15.6. The van der Waals surface area contributed by atoms with Gasteiger partial charge in [0.1, 0.15) is 0 Å². The van der Waals surface area contributed by atoms with E-state index in [1.807, 2.05) is 0 Å². The van der Waals surface area contributed by atoms with E-state index in [1.165, 1.54) is 32.1 Å². The van der Waals surface area contributed by atoms with Crippen molar-refractivity contribution in [3.63, 3.8) is 0 Å². The van der Waals surface area contributed by atoms with Gasteiger partial charge in [0, 0.05) is 17.9 Å². The van der Waals surface area contributed by atoms with Crippen LogP contribution in [0.25, 0.3) is 0 Å². The first-order valence-corrected chi connectivity index (χ1v) is 13.1. The van der Waals surface area contributed by atoms with Crippen molar-refractivity contribution in [1.82, 2.24) is 0 Å². The molecular weight excluding hydrogens is 662 g/mol. The van der Waals surface area contributed by atoms with Crippen LogP contribution in [0.1, 0.15) is 79.1 Å². The number of rotatable bonds is 13. The van der Waals surface area contributed by atoms with Gasteiger partial charge >= 0.3 is 31.1 Å². The molecule has 1 N–H and O–H groups in total. The zero-order chi connectivity index (χ0) is 25.7. The maximum Gasteiger partial charge on any atom is 2.00 e. The topological polar surface area (TPSA) is 53.3 Å². The van der Waals surface area contributed by atoms with E-state index in [0.29, 0.717) is 11.6 Å². The quantitative estimate of drug-likeness (QED) is 0.0524. The minimum Gasteiger partial charge on any atom is -0.343 e. The molecule has 0 spiro atoms. The summed E-state index contributed by atoms with van der Waals surface area (Å²) in [5.41, 5.74) is 2.18. The van der Waals surface area contributed by atoms with Crippen LogP contribution in [0, 0.1) is 56.3 Å². The molecule has 0 amide bonds. The molecule has 0 saturated heterocycles. The molecule has 0 aromatic rings. The fourth-order valence-electron chi connectivity index (χ4n) is 3.82. The normalized spacial score (nSPS) is 17.2. The summed E-state index contributed by atoms with van der Waals surface area (Å²) in [5, 5.41) is 7.62. The van der Waals surface area contributed by atoms with Crippen molar-refractivity contribution in [2.24, 2.45) is 10.3 Å². The molecule has 0 aromatic heterocycles. The number of hydrogen-bond acceptors (Lipinski definition) is 4. The van der Waals surface area contributed by atoms with Gasteiger partial charge in [-0.1, -0.05) is 110 Å². The van der Waals surface area contributed by atoms with Crippen LogP contribution in [0.2, 0.25) is 13.1 Å². The molecule has 1 unspecified atom stereocenters. The number of quaternary nitrogens is 1. The van der Waals surface area contributed by atoms with Crippen LogP contribution < -0.4 is 0 Å². The summed E-state index contributed by atoms with van der Waals surface area (Å²) in [6.07, 6.45) is 12.8. The Labute approximate surface area is 243 Å². The SMILES string of the molecule is C[B]C(=O)[B]CCCCC.[CH2-]C(=N)/C(=N\S)C1=CCC[N+](C)(CC(C)C)C1.[CH2-]CCCCC.[U+2]. The molecule has 34 heavy (non-hydrogen) atoms. The summed E-state index contributed by atoms with van der Waals surface area (Å²) in [5.74, 6) is 0.676. The van der Waals surface area contributed by atoms with Crippen molar-refractivity contribution in [2.45, 2.75) is 92.2 Å². The molecule has 0 bridgehead atoms. The number of nitrogens with zero attached hydrogens (tertiary/aromatic N) is 2. The largest absolute Gasteiger partial charge is 2.00 e. The average molecular weight is 712 g/mol. The second-order valence-corrected chi connectivity index (χ2v) is 9.67. The van der Waals surface area contributed by atoms with Gasteiger partial charge < -0.3 is 26.0 Å². The van der Waals surface area contributed by atoms with Crippen molar-refractivity contribution >= 4 is 44.4 Å². The van der Waals surface area contributed by atoms with Crippen LogP contribution in [-0.4, -0.2) is 62.7 Å². The van der Waals surface area contributed by atoms with E-state index in [4.69, 9.17) is 5.41 Å². The summed E-state index contributed by atoms with van der Waals surface area (Å²) < 4.78 is 4.92. The van der Waals surface area contributed by atoms with Crippen molar-refractivity contribution in [1.29, 1.82) is 5.41 Å². The van der Waals surface area contributed by atoms with Crippen LogP contribution in [-0.2, 0) is 0 Å². The fraction of sp³-hybridized carbons (Fsp3) is 0.731. The van der Waals surface area contributed by atoms with Crippen molar-refractivity contribution in [3.8, 4) is 0 Å². The Morgan fingerprint density at radius 3 is 2.24 bits per heavy atom. The average Bonchev–Trinajstić information content (AvgIpc) is 2.75. The zero-order valence-electron chi connectivity index (χ0n) is 23.0. The molecule has 0 fully saturated rings. The van der Waals surface area contributed by atoms with Crippen LogP contribution >= 0.6 is 12.8 Å². The molecule has 190 valence electrons. The number of likely N-dealkylation sites (N-methyl/N-ethyl adjacent to an activating group) is 1. The number of hydrogen-bond donors (Lipinski definition) is 2. The predicted molar refractivity (Wildman–Crippen MR) is 154 cm³/mol. The third kappa shape index (κ3) is 21.4. The summed E-state index contributed by atoms with van der Waals surface area (Å²) in [7, 11) is 5.64. The smallest absolute Gasteiger partial charge is 0.343 e. The van der Waals surface area contributed by atoms with E-state index >= 15 is 0 Å². The van der Waals surface area contributed by atoms with Gasteiger partial charge in [-0.05, 0) is 5.71 Å². The fourth-order valence-corrected chi connectivity index (χ4v) is 4.07. The third-order valence-electron chi connectivity index (χ3n) is 5.40. The Hall–Kier alpha value is 0.112. The number of carbonyl (C=O) groups is 1. The van der Waals surface area contributed by atoms with Gasteiger partial charge in [-0.3, -0.25) is 0 Å². The summed E-state index contributed by atoms with van der Waals surface area (Å²) >= 11 is 3.95. The van der Waals surface area contributed by atoms with E-state index < -0.39 is 0 Å². The van der Waals surface area contributed by atoms with E-state index in [0.717, 1.165) is 55.3 Å². The molecule has 0 saturated carbocycles. The molecule has 1 atom stereocenters. The molecule has 0 aliphatic carbocycles. The Bertz CT molecular complexity index is 597. The second-order valence-electron chi connectivity index (χ2n) is 9.47. The maximum absolute atomic E-state index is 10.7. The first-order valence-electron chi connectivity index (χ1n) is 12.7. The molecule has 1 aliphatic heterocycles. The predicted octanol–water partition coefficient (Wildman–Crippen LogP) is 7.13. The standard InChI is InChI=1S/C13H23N3S.C7H14B2O.C6H13.U/c1-10(2)8-16(4)7-5-6-12(9-16)13(15-17)11(3)14;1-3-4-5-6-9-7(10)8-2;1-3-5-6-4-2;/h6,10,14,17H,3,5,7-9H2,1-2,4H3;3-6H2,1-2H3;1,3-6H2,2H3;/q;;-1;+2/b14-11?,15-13+;;;. The Morgan fingerprint density at radius 2 is 1.82 bits per heavy atom. The summed E-state index contributed by atoms with van der Waals surface area (Å²) in [6, 6.07) is 0. The molecule has 1 aliphatic rings. The number of thiol groups is 1. The van der Waals surface area contributed by atoms with Gasteiger partial charge in [-0.15, -0.1) is 0 Å². The molecule has 8 heteroatoms. The van der Waals surface area contributed by atoms with Crippen LogP contribution in [0.3, 0.4) is 0 Å². The third-order valence-corrected chi connectivity index (χ3v) is 5.60. The van der Waals surface area contributed by atoms with E-state index in [-0.39, 0.29) is 42.4 Å². The minimum atomic E-state index is 0. The maximum atomic E-state index is 10.7. The van der Waals surface area contributed by atoms with Crippen molar-refractivity contribution in [2.75, 3.05) is 26.7 Å². The van der Waals surface area contributed by atoms with Crippen LogP contribution in [0.15, 0.2) is 16.0 Å². The van der Waals surface area contributed by atoms with Crippen molar-refractivity contribution < 1.29 is 40.4 Å². The Balaban J connectivity index is -0.000000482. The van der Waals surface area contributed by atoms with Gasteiger partial charge in [-0.25, -0.2) is 6.92 Å². The van der Waals surface area contributed by atoms with Gasteiger partial charge in [0.15, 0.2) is 14.6 Å². The molecule has 2 radical (unpaired) electrons. The summed E-state index contributed by atoms with van der Waals surface area (Å²) in [4.78, 5) is 10.7. The second kappa shape index (κ2) is 24.8. The van der Waals surface area contributed by atoms with E-state index in [9.17, 15) is 4.79 Å². The number of nitrogens with one attached hydrogen (secondary N) is 1. The molecule has 0 aromatic carbocycles. The van der Waals surface area contributed by atoms with Gasteiger partial charge in [-0.2, -0.15) is 6.42 Å². The van der Waals surface area contributed by atoms with Gasteiger partial charge in [0.05, 0.1) is 26.7 Å². The van der Waals surface area contributed by atoms with Crippen molar-refractivity contribution in [3.05, 3.63) is 25.5 Å². The zero-order valence-corrected chi connectivity index (χ0v) is 28.0. The molecule has 1 rings (SSSR count). The minimum absolute atomic E-state index is 0. The van der Waals surface area contributed by atoms with E-state index in [1.54, 1.807) is 21.4 Å². The molecule has 1 heterocycles. The Morgan fingerprint density at radius 1 is 1.24 bits per heavy atom. The van der Waals surface area contributed by atoms with E-state index in [2.05, 4.69) is 71.9 Å². The molecule has 4 nitrogen and oxygen atoms in total. The number of unbranched alkanes of at least 4 members (excludes halogenated alkanes) is 5. The monoisotopic (exact) mass is 712 g/mol. The van der Waals surface area contributed by atoms with Crippen LogP contribution in [0.5, 0.6) is 0 Å². The first kappa shape index (κ1) is 38.6.